The molecular weight excluding hydrogens is 214 g/mol. The second kappa shape index (κ2) is 6.17. The Kier molecular flexibility index (Phi) is 5.15. The maximum Gasteiger partial charge on any atom is 0.108 e. The third-order valence-corrected chi connectivity index (χ3v) is 3.88. The first-order chi connectivity index (χ1) is 8.09. The van der Waals surface area contributed by atoms with E-state index in [9.17, 15) is 0 Å². The number of ether oxygens (including phenoxy) is 1. The maximum absolute atomic E-state index is 6.29. The van der Waals surface area contributed by atoms with Crippen molar-refractivity contribution in [3.8, 4) is 0 Å². The molecule has 17 heavy (non-hydrogen) atoms. The minimum atomic E-state index is -0.189. The Morgan fingerprint density at radius 3 is 2.53 bits per heavy atom. The van der Waals surface area contributed by atoms with Gasteiger partial charge in [-0.1, -0.05) is 13.8 Å². The number of hydrogen-bond acceptors (Lipinski definition) is 3. The Morgan fingerprint density at radius 1 is 1.47 bits per heavy atom. The van der Waals surface area contributed by atoms with Crippen LogP contribution in [0.4, 0.5) is 0 Å². The third-order valence-electron chi connectivity index (χ3n) is 3.88. The molecule has 1 heterocycles. The molecule has 0 aliphatic rings. The van der Waals surface area contributed by atoms with Gasteiger partial charge < -0.3 is 15.0 Å². The summed E-state index contributed by atoms with van der Waals surface area (Å²) >= 11 is 0. The van der Waals surface area contributed by atoms with Crippen LogP contribution in [0.1, 0.15) is 38.9 Å². The molecule has 0 saturated carbocycles. The fraction of sp³-hybridized carbons (Fsp3) is 0.769. The van der Waals surface area contributed by atoms with Crippen molar-refractivity contribution < 1.29 is 4.74 Å². The molecule has 1 atom stereocenters. The van der Waals surface area contributed by atoms with E-state index >= 15 is 0 Å². The second-order valence-electron chi connectivity index (χ2n) is 4.58. The summed E-state index contributed by atoms with van der Waals surface area (Å²) in [5, 5.41) is 0. The number of aromatic nitrogens is 2. The number of nitrogens with zero attached hydrogens (tertiary/aromatic N) is 2. The molecule has 4 heteroatoms. The molecule has 1 unspecified atom stereocenters. The van der Waals surface area contributed by atoms with Gasteiger partial charge >= 0.3 is 0 Å². The van der Waals surface area contributed by atoms with Crippen LogP contribution in [0.2, 0.25) is 0 Å². The fourth-order valence-electron chi connectivity index (χ4n) is 2.40. The Bertz CT molecular complexity index is 323. The van der Waals surface area contributed by atoms with E-state index in [1.807, 2.05) is 24.0 Å². The van der Waals surface area contributed by atoms with Crippen LogP contribution in [-0.4, -0.2) is 28.3 Å². The molecule has 98 valence electrons. The molecule has 0 aromatic carbocycles. The smallest absolute Gasteiger partial charge is 0.108 e. The summed E-state index contributed by atoms with van der Waals surface area (Å²) in [6.45, 7) is 4.27. The van der Waals surface area contributed by atoms with Crippen LogP contribution >= 0.6 is 0 Å². The third kappa shape index (κ3) is 3.07. The summed E-state index contributed by atoms with van der Waals surface area (Å²) in [5.41, 5.74) is 6.10. The van der Waals surface area contributed by atoms with E-state index in [1.165, 1.54) is 0 Å². The Balaban J connectivity index is 2.59. The normalized spacial score (nSPS) is 13.9. The molecule has 0 aliphatic heterocycles. The van der Waals surface area contributed by atoms with Crippen LogP contribution in [0.3, 0.4) is 0 Å². The first-order valence-corrected chi connectivity index (χ1v) is 6.36. The van der Waals surface area contributed by atoms with Gasteiger partial charge in [0.1, 0.15) is 5.82 Å². The van der Waals surface area contributed by atoms with Gasteiger partial charge in [0.05, 0.1) is 5.60 Å². The summed E-state index contributed by atoms with van der Waals surface area (Å²) in [6.07, 6.45) is 7.48. The molecule has 0 aliphatic carbocycles. The summed E-state index contributed by atoms with van der Waals surface area (Å²) < 4.78 is 7.69. The summed E-state index contributed by atoms with van der Waals surface area (Å²) in [7, 11) is 3.77. The number of nitrogens with two attached hydrogens (primary N) is 1. The van der Waals surface area contributed by atoms with Crippen LogP contribution < -0.4 is 5.73 Å². The topological polar surface area (TPSA) is 53.1 Å². The maximum atomic E-state index is 6.29. The van der Waals surface area contributed by atoms with Gasteiger partial charge in [-0.15, -0.1) is 0 Å². The van der Waals surface area contributed by atoms with Gasteiger partial charge in [0, 0.05) is 39.0 Å². The molecule has 0 radical (unpaired) electrons. The predicted molar refractivity (Wildman–Crippen MR) is 69.8 cm³/mol. The molecule has 0 bridgehead atoms. The zero-order valence-corrected chi connectivity index (χ0v) is 11.4. The van der Waals surface area contributed by atoms with Gasteiger partial charge in [0.25, 0.3) is 0 Å². The van der Waals surface area contributed by atoms with Crippen LogP contribution in [-0.2, 0) is 18.2 Å². The molecule has 2 N–H and O–H groups in total. The average Bonchev–Trinajstić information content (AvgIpc) is 2.75. The zero-order chi connectivity index (χ0) is 12.9. The van der Waals surface area contributed by atoms with E-state index in [0.717, 1.165) is 31.5 Å². The lowest BCUT2D eigenvalue weighted by molar-refractivity contribution is -0.0394. The average molecular weight is 239 g/mol. The highest BCUT2D eigenvalue weighted by molar-refractivity contribution is 4.95. The van der Waals surface area contributed by atoms with Gasteiger partial charge in [-0.2, -0.15) is 0 Å². The second-order valence-corrected chi connectivity index (χ2v) is 4.58. The van der Waals surface area contributed by atoms with Gasteiger partial charge in [-0.3, -0.25) is 0 Å². The van der Waals surface area contributed by atoms with Crippen molar-refractivity contribution in [2.45, 2.75) is 51.2 Å². The number of methoxy groups -OCH3 is 1. The summed E-state index contributed by atoms with van der Waals surface area (Å²) in [4.78, 5) is 4.31. The fourth-order valence-corrected chi connectivity index (χ4v) is 2.40. The molecule has 4 nitrogen and oxygen atoms in total. The summed E-state index contributed by atoms with van der Waals surface area (Å²) in [5.74, 6) is 1.08. The van der Waals surface area contributed by atoms with Crippen LogP contribution in [0.25, 0.3) is 0 Å². The largest absolute Gasteiger partial charge is 0.377 e. The lowest BCUT2D eigenvalue weighted by atomic mass is 9.86. The van der Waals surface area contributed by atoms with E-state index in [0.29, 0.717) is 0 Å². The van der Waals surface area contributed by atoms with Gasteiger partial charge in [-0.25, -0.2) is 4.98 Å². The SMILES string of the molecule is CCC(CC)(OC)C(N)CCc1nccn1C. The molecular formula is C13H25N3O. The monoisotopic (exact) mass is 239 g/mol. The van der Waals surface area contributed by atoms with Crippen molar-refractivity contribution in [3.05, 3.63) is 18.2 Å². The molecule has 0 saturated heterocycles. The summed E-state index contributed by atoms with van der Waals surface area (Å²) in [6, 6.07) is 0.0548. The molecule has 0 spiro atoms. The number of aryl methyl sites for hydroxylation is 2. The van der Waals surface area contributed by atoms with Gasteiger partial charge in [0.2, 0.25) is 0 Å². The number of rotatable bonds is 7. The van der Waals surface area contributed by atoms with Crippen molar-refractivity contribution >= 4 is 0 Å². The van der Waals surface area contributed by atoms with E-state index in [1.54, 1.807) is 7.11 Å². The van der Waals surface area contributed by atoms with Crippen molar-refractivity contribution in [3.63, 3.8) is 0 Å². The molecule has 1 aromatic rings. The minimum Gasteiger partial charge on any atom is -0.377 e. The van der Waals surface area contributed by atoms with Crippen LogP contribution in [0.15, 0.2) is 12.4 Å². The highest BCUT2D eigenvalue weighted by atomic mass is 16.5. The van der Waals surface area contributed by atoms with Gasteiger partial charge in [-0.05, 0) is 19.3 Å². The van der Waals surface area contributed by atoms with Crippen LogP contribution in [0.5, 0.6) is 0 Å². The van der Waals surface area contributed by atoms with E-state index in [4.69, 9.17) is 10.5 Å². The Hall–Kier alpha value is -0.870. The van der Waals surface area contributed by atoms with Crippen molar-refractivity contribution in [2.75, 3.05) is 7.11 Å². The molecule has 0 amide bonds. The van der Waals surface area contributed by atoms with Crippen molar-refractivity contribution in [1.82, 2.24) is 9.55 Å². The van der Waals surface area contributed by atoms with Gasteiger partial charge in [0.15, 0.2) is 0 Å². The highest BCUT2D eigenvalue weighted by Crippen LogP contribution is 2.25. The minimum absolute atomic E-state index is 0.0548. The quantitative estimate of drug-likeness (QED) is 0.790. The highest BCUT2D eigenvalue weighted by Gasteiger charge is 2.32. The van der Waals surface area contributed by atoms with Crippen molar-refractivity contribution in [1.29, 1.82) is 0 Å². The predicted octanol–water partition coefficient (Wildman–Crippen LogP) is 1.89. The van der Waals surface area contributed by atoms with Crippen LogP contribution in [0, 0.1) is 0 Å². The lowest BCUT2D eigenvalue weighted by Crippen LogP contribution is -2.49. The first kappa shape index (κ1) is 14.2. The van der Waals surface area contributed by atoms with E-state index in [2.05, 4.69) is 18.8 Å². The van der Waals surface area contributed by atoms with E-state index < -0.39 is 0 Å². The standard InChI is InChI=1S/C13H25N3O/c1-5-13(6-2,17-4)11(14)7-8-12-15-9-10-16(12)3/h9-11H,5-8,14H2,1-4H3. The molecule has 1 rings (SSSR count). The number of hydrogen-bond donors (Lipinski definition) is 1. The zero-order valence-electron chi connectivity index (χ0n) is 11.4. The molecule has 0 fully saturated rings. The Morgan fingerprint density at radius 2 is 2.12 bits per heavy atom. The number of imidazole rings is 1. The van der Waals surface area contributed by atoms with Crippen molar-refractivity contribution in [2.24, 2.45) is 12.8 Å². The molecule has 1 aromatic heterocycles. The first-order valence-electron chi connectivity index (χ1n) is 6.36. The Labute approximate surface area is 104 Å². The van der Waals surface area contributed by atoms with E-state index in [-0.39, 0.29) is 11.6 Å². The lowest BCUT2D eigenvalue weighted by Gasteiger charge is -2.36.